The van der Waals surface area contributed by atoms with Gasteiger partial charge in [-0.3, -0.25) is 9.88 Å². The fraction of sp³-hybridized carbons (Fsp3) is 0.444. The lowest BCUT2D eigenvalue weighted by Crippen LogP contribution is -2.20. The lowest BCUT2D eigenvalue weighted by Gasteiger charge is -2.21. The lowest BCUT2D eigenvalue weighted by molar-refractivity contribution is 0.331. The summed E-state index contributed by atoms with van der Waals surface area (Å²) in [5, 5.41) is 0. The van der Waals surface area contributed by atoms with E-state index in [-0.39, 0.29) is 0 Å². The standard InChI is InChI=1S/C9H15N2P/c1-3-11(2)9(12)8-6-4-5-7-10-8/h4-7,9H,3,12H2,1-2H3. The van der Waals surface area contributed by atoms with Crippen molar-refractivity contribution in [2.24, 2.45) is 0 Å². The van der Waals surface area contributed by atoms with Gasteiger partial charge in [0.25, 0.3) is 0 Å². The Balaban J connectivity index is 2.71. The normalized spacial score (nSPS) is 13.3. The van der Waals surface area contributed by atoms with Gasteiger partial charge in [0, 0.05) is 6.20 Å². The van der Waals surface area contributed by atoms with E-state index in [1.807, 2.05) is 24.4 Å². The molecule has 12 heavy (non-hydrogen) atoms. The van der Waals surface area contributed by atoms with Crippen LogP contribution >= 0.6 is 9.24 Å². The minimum atomic E-state index is 0.330. The molecule has 1 aromatic rings. The molecule has 2 atom stereocenters. The maximum Gasteiger partial charge on any atom is 0.0659 e. The van der Waals surface area contributed by atoms with Crippen LogP contribution in [0.4, 0.5) is 0 Å². The second-order valence-electron chi connectivity index (χ2n) is 2.77. The minimum absolute atomic E-state index is 0.330. The number of pyridine rings is 1. The van der Waals surface area contributed by atoms with Crippen molar-refractivity contribution in [2.75, 3.05) is 13.6 Å². The Bertz CT molecular complexity index is 225. The fourth-order valence-corrected chi connectivity index (χ4v) is 1.38. The van der Waals surface area contributed by atoms with Crippen molar-refractivity contribution in [1.29, 1.82) is 0 Å². The first kappa shape index (κ1) is 9.63. The maximum atomic E-state index is 4.29. The van der Waals surface area contributed by atoms with E-state index in [1.165, 1.54) is 0 Å². The third-order valence-electron chi connectivity index (χ3n) is 1.96. The van der Waals surface area contributed by atoms with Gasteiger partial charge in [-0.1, -0.05) is 13.0 Å². The second-order valence-corrected chi connectivity index (χ2v) is 3.40. The van der Waals surface area contributed by atoms with Crippen LogP contribution in [0.3, 0.4) is 0 Å². The fourth-order valence-electron chi connectivity index (χ4n) is 0.973. The van der Waals surface area contributed by atoms with Crippen LogP contribution in [0, 0.1) is 0 Å². The second kappa shape index (κ2) is 4.54. The van der Waals surface area contributed by atoms with E-state index in [1.54, 1.807) is 0 Å². The highest BCUT2D eigenvalue weighted by Gasteiger charge is 2.09. The average Bonchev–Trinajstić information content (AvgIpc) is 2.17. The molecule has 1 aromatic heterocycles. The SMILES string of the molecule is CCN(C)C(P)c1ccccn1. The highest BCUT2D eigenvalue weighted by atomic mass is 31.0. The lowest BCUT2D eigenvalue weighted by atomic mass is 10.3. The average molecular weight is 182 g/mol. The van der Waals surface area contributed by atoms with Crippen molar-refractivity contribution in [3.63, 3.8) is 0 Å². The van der Waals surface area contributed by atoms with Crippen molar-refractivity contribution in [1.82, 2.24) is 9.88 Å². The maximum absolute atomic E-state index is 4.29. The summed E-state index contributed by atoms with van der Waals surface area (Å²) in [6.07, 6.45) is 1.83. The molecule has 3 heteroatoms. The van der Waals surface area contributed by atoms with Gasteiger partial charge in [-0.05, 0) is 25.7 Å². The van der Waals surface area contributed by atoms with Crippen molar-refractivity contribution < 1.29 is 0 Å². The molecule has 66 valence electrons. The van der Waals surface area contributed by atoms with Crippen molar-refractivity contribution in [2.45, 2.75) is 12.7 Å². The monoisotopic (exact) mass is 182 g/mol. The van der Waals surface area contributed by atoms with E-state index < -0.39 is 0 Å². The first-order valence-electron chi connectivity index (χ1n) is 4.12. The molecule has 2 nitrogen and oxygen atoms in total. The first-order valence-corrected chi connectivity index (χ1v) is 4.79. The van der Waals surface area contributed by atoms with E-state index in [0.717, 1.165) is 12.2 Å². The molecule has 1 rings (SSSR count). The molecule has 0 saturated carbocycles. The molecule has 0 N–H and O–H groups in total. The highest BCUT2D eigenvalue weighted by molar-refractivity contribution is 7.17. The zero-order valence-electron chi connectivity index (χ0n) is 7.57. The summed E-state index contributed by atoms with van der Waals surface area (Å²) in [6, 6.07) is 6.00. The van der Waals surface area contributed by atoms with Crippen LogP contribution in [0.1, 0.15) is 18.4 Å². The molecular weight excluding hydrogens is 167 g/mol. The van der Waals surface area contributed by atoms with Crippen molar-refractivity contribution in [3.05, 3.63) is 30.1 Å². The third kappa shape index (κ3) is 2.26. The van der Waals surface area contributed by atoms with Gasteiger partial charge in [0.1, 0.15) is 0 Å². The number of rotatable bonds is 3. The summed E-state index contributed by atoms with van der Waals surface area (Å²) in [5.74, 6) is 0.330. The summed E-state index contributed by atoms with van der Waals surface area (Å²) in [7, 11) is 4.89. The van der Waals surface area contributed by atoms with E-state index in [4.69, 9.17) is 0 Å². The number of nitrogens with zero attached hydrogens (tertiary/aromatic N) is 2. The van der Waals surface area contributed by atoms with Gasteiger partial charge in [0.2, 0.25) is 0 Å². The predicted molar refractivity (Wildman–Crippen MR) is 55.0 cm³/mol. The topological polar surface area (TPSA) is 16.1 Å². The molecule has 0 aromatic carbocycles. The highest BCUT2D eigenvalue weighted by Crippen LogP contribution is 2.23. The van der Waals surface area contributed by atoms with Crippen LogP contribution < -0.4 is 0 Å². The number of hydrogen-bond acceptors (Lipinski definition) is 2. The summed E-state index contributed by atoms with van der Waals surface area (Å²) >= 11 is 0. The van der Waals surface area contributed by atoms with Gasteiger partial charge < -0.3 is 0 Å². The Morgan fingerprint density at radius 3 is 2.83 bits per heavy atom. The summed E-state index contributed by atoms with van der Waals surface area (Å²) in [4.78, 5) is 6.51. The number of aromatic nitrogens is 1. The molecule has 1 heterocycles. The van der Waals surface area contributed by atoms with E-state index in [9.17, 15) is 0 Å². The predicted octanol–water partition coefficient (Wildman–Crippen LogP) is 1.91. The Kier molecular flexibility index (Phi) is 3.64. The molecule has 0 radical (unpaired) electrons. The quantitative estimate of drug-likeness (QED) is 0.664. The van der Waals surface area contributed by atoms with Crippen LogP contribution in [-0.2, 0) is 0 Å². The van der Waals surface area contributed by atoms with Crippen LogP contribution in [0.15, 0.2) is 24.4 Å². The van der Waals surface area contributed by atoms with E-state index in [0.29, 0.717) is 5.78 Å². The molecule has 2 unspecified atom stereocenters. The van der Waals surface area contributed by atoms with Gasteiger partial charge >= 0.3 is 0 Å². The van der Waals surface area contributed by atoms with E-state index in [2.05, 4.69) is 33.1 Å². The largest absolute Gasteiger partial charge is 0.295 e. The Hall–Kier alpha value is -0.460. The first-order chi connectivity index (χ1) is 5.75. The molecule has 0 spiro atoms. The van der Waals surface area contributed by atoms with Crippen molar-refractivity contribution >= 4 is 9.24 Å². The smallest absolute Gasteiger partial charge is 0.0659 e. The minimum Gasteiger partial charge on any atom is -0.295 e. The molecule has 0 aliphatic rings. The molecule has 0 bridgehead atoms. The van der Waals surface area contributed by atoms with Gasteiger partial charge in [-0.2, -0.15) is 0 Å². The molecule has 0 saturated heterocycles. The van der Waals surface area contributed by atoms with Crippen LogP contribution in [0.2, 0.25) is 0 Å². The van der Waals surface area contributed by atoms with Gasteiger partial charge in [0.05, 0.1) is 11.5 Å². The Morgan fingerprint density at radius 1 is 1.58 bits per heavy atom. The van der Waals surface area contributed by atoms with E-state index >= 15 is 0 Å². The molecule has 0 fully saturated rings. The zero-order valence-corrected chi connectivity index (χ0v) is 8.72. The van der Waals surface area contributed by atoms with Crippen LogP contribution in [0.25, 0.3) is 0 Å². The third-order valence-corrected chi connectivity index (χ3v) is 2.81. The summed E-state index contributed by atoms with van der Waals surface area (Å²) in [6.45, 7) is 3.17. The zero-order chi connectivity index (χ0) is 8.97. The molecule has 0 aliphatic carbocycles. The van der Waals surface area contributed by atoms with Gasteiger partial charge in [0.15, 0.2) is 0 Å². The van der Waals surface area contributed by atoms with Gasteiger partial charge in [-0.25, -0.2) is 0 Å². The molecule has 0 aliphatic heterocycles. The Labute approximate surface area is 76.2 Å². The van der Waals surface area contributed by atoms with Crippen LogP contribution in [0.5, 0.6) is 0 Å². The Morgan fingerprint density at radius 2 is 2.33 bits per heavy atom. The summed E-state index contributed by atoms with van der Waals surface area (Å²) < 4.78 is 0. The van der Waals surface area contributed by atoms with Crippen molar-refractivity contribution in [3.8, 4) is 0 Å². The van der Waals surface area contributed by atoms with Gasteiger partial charge in [-0.15, -0.1) is 9.24 Å². The number of hydrogen-bond donors (Lipinski definition) is 0. The summed E-state index contributed by atoms with van der Waals surface area (Å²) in [5.41, 5.74) is 1.10. The van der Waals surface area contributed by atoms with Crippen LogP contribution in [-0.4, -0.2) is 23.5 Å². The molecular formula is C9H15N2P. The molecule has 0 amide bonds.